The number of methoxy groups -OCH3 is 1. The first-order valence-corrected chi connectivity index (χ1v) is 9.37. The lowest BCUT2D eigenvalue weighted by Crippen LogP contribution is -2.36. The Hall–Kier alpha value is -2.99. The van der Waals surface area contributed by atoms with Gasteiger partial charge < -0.3 is 24.5 Å². The molecule has 0 bridgehead atoms. The molecule has 0 saturated heterocycles. The summed E-state index contributed by atoms with van der Waals surface area (Å²) in [4.78, 5) is 12.3. The lowest BCUT2D eigenvalue weighted by atomic mass is 10.1. The number of urea groups is 1. The van der Waals surface area contributed by atoms with Crippen LogP contribution in [0.4, 0.5) is 4.79 Å². The summed E-state index contributed by atoms with van der Waals surface area (Å²) in [6, 6.07) is 15.0. The van der Waals surface area contributed by atoms with Crippen LogP contribution in [0.25, 0.3) is 11.0 Å². The van der Waals surface area contributed by atoms with Crippen molar-refractivity contribution in [3.8, 4) is 5.75 Å². The fraction of sp³-hybridized carbons (Fsp3) is 0.318. The van der Waals surface area contributed by atoms with Crippen molar-refractivity contribution >= 4 is 17.0 Å². The molecule has 2 aromatic carbocycles. The number of ether oxygens (including phenoxy) is 2. The van der Waals surface area contributed by atoms with Crippen molar-refractivity contribution in [2.45, 2.75) is 33.0 Å². The van der Waals surface area contributed by atoms with E-state index in [-0.39, 0.29) is 12.1 Å². The van der Waals surface area contributed by atoms with E-state index in [1.807, 2.05) is 62.4 Å². The molecular weight excluding hydrogens is 356 g/mol. The number of hydrogen-bond donors (Lipinski definition) is 2. The molecule has 3 aromatic rings. The molecule has 0 fully saturated rings. The van der Waals surface area contributed by atoms with Gasteiger partial charge in [-0.25, -0.2) is 4.79 Å². The predicted molar refractivity (Wildman–Crippen MR) is 108 cm³/mol. The van der Waals surface area contributed by atoms with Crippen LogP contribution in [0.2, 0.25) is 0 Å². The first-order valence-electron chi connectivity index (χ1n) is 9.37. The number of amides is 2. The van der Waals surface area contributed by atoms with Crippen LogP contribution >= 0.6 is 0 Å². The molecule has 0 spiro atoms. The quantitative estimate of drug-likeness (QED) is 0.600. The van der Waals surface area contributed by atoms with Crippen LogP contribution in [0.5, 0.6) is 5.75 Å². The summed E-state index contributed by atoms with van der Waals surface area (Å²) < 4.78 is 16.8. The van der Waals surface area contributed by atoms with Gasteiger partial charge >= 0.3 is 6.03 Å². The van der Waals surface area contributed by atoms with Crippen LogP contribution in [-0.4, -0.2) is 19.7 Å². The first kappa shape index (κ1) is 19.8. The largest absolute Gasteiger partial charge is 0.490 e. The van der Waals surface area contributed by atoms with Gasteiger partial charge in [0.25, 0.3) is 0 Å². The van der Waals surface area contributed by atoms with Crippen molar-refractivity contribution < 1.29 is 18.7 Å². The molecule has 2 N–H and O–H groups in total. The summed E-state index contributed by atoms with van der Waals surface area (Å²) >= 11 is 0. The van der Waals surface area contributed by atoms with Crippen LogP contribution < -0.4 is 15.4 Å². The van der Waals surface area contributed by atoms with Gasteiger partial charge in [-0.2, -0.15) is 0 Å². The summed E-state index contributed by atoms with van der Waals surface area (Å²) in [6.45, 7) is 5.32. The second kappa shape index (κ2) is 9.28. The predicted octanol–water partition coefficient (Wildman–Crippen LogP) is 4.54. The zero-order valence-corrected chi connectivity index (χ0v) is 16.5. The summed E-state index contributed by atoms with van der Waals surface area (Å²) in [5, 5.41) is 6.75. The number of furan rings is 1. The van der Waals surface area contributed by atoms with Gasteiger partial charge in [0.05, 0.1) is 19.3 Å². The Morgan fingerprint density at radius 3 is 2.68 bits per heavy atom. The molecule has 6 heteroatoms. The minimum atomic E-state index is -0.281. The van der Waals surface area contributed by atoms with Gasteiger partial charge in [-0.05, 0) is 37.1 Å². The molecule has 1 unspecified atom stereocenters. The van der Waals surface area contributed by atoms with Crippen LogP contribution in [-0.2, 0) is 17.9 Å². The van der Waals surface area contributed by atoms with E-state index < -0.39 is 0 Å². The SMILES string of the molecule is CCOc1cccc2cc(C(C)NC(=O)NCc3ccccc3COC)oc12. The minimum absolute atomic E-state index is 0.259. The molecule has 1 atom stereocenters. The van der Waals surface area contributed by atoms with Gasteiger partial charge in [0.15, 0.2) is 11.3 Å². The van der Waals surface area contributed by atoms with Gasteiger partial charge in [0, 0.05) is 19.0 Å². The average molecular weight is 382 g/mol. The van der Waals surface area contributed by atoms with E-state index in [0.29, 0.717) is 36.9 Å². The third-order valence-electron chi connectivity index (χ3n) is 4.46. The zero-order chi connectivity index (χ0) is 19.9. The van der Waals surface area contributed by atoms with Crippen molar-refractivity contribution in [2.24, 2.45) is 0 Å². The smallest absolute Gasteiger partial charge is 0.315 e. The van der Waals surface area contributed by atoms with Crippen molar-refractivity contribution in [3.05, 3.63) is 65.4 Å². The molecule has 28 heavy (non-hydrogen) atoms. The molecular formula is C22H26N2O4. The summed E-state index contributed by atoms with van der Waals surface area (Å²) in [5.74, 6) is 1.38. The second-order valence-corrected chi connectivity index (χ2v) is 6.51. The Bertz CT molecular complexity index is 935. The maximum Gasteiger partial charge on any atom is 0.315 e. The molecule has 1 aromatic heterocycles. The minimum Gasteiger partial charge on any atom is -0.490 e. The topological polar surface area (TPSA) is 72.7 Å². The Labute approximate surface area is 164 Å². The van der Waals surface area contributed by atoms with E-state index in [9.17, 15) is 4.79 Å². The molecule has 0 aliphatic carbocycles. The van der Waals surface area contributed by atoms with Crippen molar-refractivity contribution in [1.82, 2.24) is 10.6 Å². The number of para-hydroxylation sites is 1. The molecule has 0 aliphatic heterocycles. The molecule has 0 saturated carbocycles. The van der Waals surface area contributed by atoms with E-state index >= 15 is 0 Å². The van der Waals surface area contributed by atoms with Gasteiger partial charge in [0.2, 0.25) is 0 Å². The highest BCUT2D eigenvalue weighted by Gasteiger charge is 2.16. The third kappa shape index (κ3) is 4.64. The monoisotopic (exact) mass is 382 g/mol. The van der Waals surface area contributed by atoms with E-state index in [2.05, 4.69) is 10.6 Å². The summed E-state index contributed by atoms with van der Waals surface area (Å²) in [5.41, 5.74) is 2.78. The van der Waals surface area contributed by atoms with E-state index in [1.165, 1.54) is 0 Å². The number of nitrogens with one attached hydrogen (secondary N) is 2. The number of fused-ring (bicyclic) bond motifs is 1. The Kier molecular flexibility index (Phi) is 6.55. The standard InChI is InChI=1S/C22H26N2O4/c1-4-27-19-11-7-10-16-12-20(28-21(16)19)15(2)24-22(25)23-13-17-8-5-6-9-18(17)14-26-3/h5-12,15H,4,13-14H2,1-3H3,(H2,23,24,25). The van der Waals surface area contributed by atoms with Crippen LogP contribution in [0.15, 0.2) is 52.9 Å². The van der Waals surface area contributed by atoms with Gasteiger partial charge in [-0.1, -0.05) is 36.4 Å². The van der Waals surface area contributed by atoms with E-state index in [1.54, 1.807) is 7.11 Å². The summed E-state index contributed by atoms with van der Waals surface area (Å²) in [6.07, 6.45) is 0. The first-order chi connectivity index (χ1) is 13.6. The van der Waals surface area contributed by atoms with Gasteiger partial charge in [-0.3, -0.25) is 0 Å². The lowest BCUT2D eigenvalue weighted by molar-refractivity contribution is 0.184. The number of carbonyl (C=O) groups excluding carboxylic acids is 1. The van der Waals surface area contributed by atoms with E-state index in [0.717, 1.165) is 16.5 Å². The van der Waals surface area contributed by atoms with Crippen LogP contribution in [0.1, 0.15) is 36.8 Å². The summed E-state index contributed by atoms with van der Waals surface area (Å²) in [7, 11) is 1.66. The van der Waals surface area contributed by atoms with E-state index in [4.69, 9.17) is 13.9 Å². The fourth-order valence-electron chi connectivity index (χ4n) is 3.06. The second-order valence-electron chi connectivity index (χ2n) is 6.51. The number of carbonyl (C=O) groups is 1. The normalized spacial score (nSPS) is 12.0. The number of rotatable bonds is 8. The van der Waals surface area contributed by atoms with Gasteiger partial charge in [-0.15, -0.1) is 0 Å². The van der Waals surface area contributed by atoms with Crippen molar-refractivity contribution in [3.63, 3.8) is 0 Å². The zero-order valence-electron chi connectivity index (χ0n) is 16.5. The fourth-order valence-corrected chi connectivity index (χ4v) is 3.06. The maximum absolute atomic E-state index is 12.3. The Morgan fingerprint density at radius 2 is 1.93 bits per heavy atom. The molecule has 3 rings (SSSR count). The number of hydrogen-bond acceptors (Lipinski definition) is 4. The Balaban J connectivity index is 1.63. The highest BCUT2D eigenvalue weighted by molar-refractivity contribution is 5.84. The number of benzene rings is 2. The molecule has 148 valence electrons. The van der Waals surface area contributed by atoms with Crippen LogP contribution in [0.3, 0.4) is 0 Å². The highest BCUT2D eigenvalue weighted by atomic mass is 16.5. The van der Waals surface area contributed by atoms with Gasteiger partial charge in [0.1, 0.15) is 5.76 Å². The molecule has 0 radical (unpaired) electrons. The average Bonchev–Trinajstić information content (AvgIpc) is 3.13. The third-order valence-corrected chi connectivity index (χ3v) is 4.46. The van der Waals surface area contributed by atoms with Crippen molar-refractivity contribution in [1.29, 1.82) is 0 Å². The lowest BCUT2D eigenvalue weighted by Gasteiger charge is -2.14. The molecule has 1 heterocycles. The molecule has 2 amide bonds. The molecule has 6 nitrogen and oxygen atoms in total. The maximum atomic E-state index is 12.3. The van der Waals surface area contributed by atoms with Crippen LogP contribution in [0, 0.1) is 0 Å². The molecule has 0 aliphatic rings. The highest BCUT2D eigenvalue weighted by Crippen LogP contribution is 2.31. The Morgan fingerprint density at radius 1 is 1.14 bits per heavy atom. The van der Waals surface area contributed by atoms with Crippen molar-refractivity contribution in [2.75, 3.05) is 13.7 Å².